The number of carboxylic acid groups (broad SMARTS) is 1. The van der Waals surface area contributed by atoms with Crippen LogP contribution in [0.4, 0.5) is 17.6 Å². The maximum absolute atomic E-state index is 14.2. The predicted molar refractivity (Wildman–Crippen MR) is 133 cm³/mol. The highest BCUT2D eigenvalue weighted by atomic mass is 19.4. The highest BCUT2D eigenvalue weighted by Gasteiger charge is 2.34. The van der Waals surface area contributed by atoms with Crippen molar-refractivity contribution in [2.75, 3.05) is 26.2 Å². The zero-order valence-electron chi connectivity index (χ0n) is 20.3. The molecule has 1 N–H and O–H groups in total. The van der Waals surface area contributed by atoms with E-state index in [1.807, 2.05) is 12.1 Å². The average molecular weight is 528 g/mol. The lowest BCUT2D eigenvalue weighted by molar-refractivity contribution is -0.141. The number of carboxylic acids is 1. The van der Waals surface area contributed by atoms with Gasteiger partial charge in [0.25, 0.3) is 0 Å². The number of rotatable bonds is 7. The van der Waals surface area contributed by atoms with Gasteiger partial charge in [-0.05, 0) is 60.0 Å². The van der Waals surface area contributed by atoms with Crippen LogP contribution >= 0.6 is 0 Å². The molecule has 0 spiro atoms. The molecule has 9 heteroatoms. The van der Waals surface area contributed by atoms with Crippen LogP contribution in [0.15, 0.2) is 66.2 Å². The van der Waals surface area contributed by atoms with Crippen LogP contribution in [-0.4, -0.2) is 42.2 Å². The van der Waals surface area contributed by atoms with Crippen LogP contribution in [0, 0.1) is 11.7 Å². The number of halogens is 4. The molecule has 3 aromatic rings. The molecular weight excluding hydrogens is 502 g/mol. The fourth-order valence-corrected chi connectivity index (χ4v) is 4.83. The molecule has 3 aromatic carbocycles. The summed E-state index contributed by atoms with van der Waals surface area (Å²) in [5.41, 5.74) is 0.911. The molecule has 5 nitrogen and oxygen atoms in total. The smallest absolute Gasteiger partial charge is 0.417 e. The topological polar surface area (TPSA) is 59.0 Å². The molecule has 0 aromatic heterocycles. The summed E-state index contributed by atoms with van der Waals surface area (Å²) in [6, 6.07) is 14.3. The standard InChI is InChI=1S/C29H25F4NO4/c30-26-4-2-1-3-24(26)23-8-5-18(12-25(23)29(31,32)33)16-37-22-7-6-20-11-19(17-38-27(20)13-22)14-34-10-9-21(15-34)28(35)36/h1-8,11-13,21H,9-10,14-17H2,(H,35,36). The summed E-state index contributed by atoms with van der Waals surface area (Å²) in [4.78, 5) is 13.3. The third-order valence-electron chi connectivity index (χ3n) is 6.76. The summed E-state index contributed by atoms with van der Waals surface area (Å²) in [6.07, 6.45) is -2.02. The van der Waals surface area contributed by atoms with Crippen molar-refractivity contribution in [2.24, 2.45) is 5.92 Å². The first-order valence-electron chi connectivity index (χ1n) is 12.2. The van der Waals surface area contributed by atoms with Gasteiger partial charge in [0.1, 0.15) is 30.5 Å². The van der Waals surface area contributed by atoms with E-state index < -0.39 is 23.5 Å². The Morgan fingerprint density at radius 1 is 1.08 bits per heavy atom. The maximum atomic E-state index is 14.2. The zero-order valence-corrected chi connectivity index (χ0v) is 20.3. The third kappa shape index (κ3) is 5.67. The molecule has 0 radical (unpaired) electrons. The second-order valence-electron chi connectivity index (χ2n) is 9.50. The lowest BCUT2D eigenvalue weighted by Gasteiger charge is -2.23. The molecule has 198 valence electrons. The molecule has 0 amide bonds. The van der Waals surface area contributed by atoms with Crippen molar-refractivity contribution in [3.05, 3.63) is 88.7 Å². The van der Waals surface area contributed by atoms with E-state index in [1.165, 1.54) is 30.3 Å². The SMILES string of the molecule is O=C(O)C1CCN(CC2=Cc3ccc(OCc4ccc(-c5ccccc5F)c(C(F)(F)F)c4)cc3OC2)C1. The lowest BCUT2D eigenvalue weighted by Crippen LogP contribution is -2.27. The van der Waals surface area contributed by atoms with Crippen LogP contribution in [0.1, 0.15) is 23.1 Å². The van der Waals surface area contributed by atoms with Crippen molar-refractivity contribution < 1.29 is 36.9 Å². The third-order valence-corrected chi connectivity index (χ3v) is 6.76. The van der Waals surface area contributed by atoms with E-state index in [2.05, 4.69) is 4.90 Å². The van der Waals surface area contributed by atoms with Crippen LogP contribution in [0.3, 0.4) is 0 Å². The second kappa shape index (κ2) is 10.5. The van der Waals surface area contributed by atoms with Gasteiger partial charge in [0.2, 0.25) is 0 Å². The molecule has 2 heterocycles. The Balaban J connectivity index is 1.27. The highest BCUT2D eigenvalue weighted by Crippen LogP contribution is 2.39. The van der Waals surface area contributed by atoms with Crippen molar-refractivity contribution in [3.63, 3.8) is 0 Å². The Morgan fingerprint density at radius 2 is 1.89 bits per heavy atom. The molecule has 38 heavy (non-hydrogen) atoms. The number of hydrogen-bond acceptors (Lipinski definition) is 4. The minimum atomic E-state index is -4.67. The van der Waals surface area contributed by atoms with Crippen LogP contribution < -0.4 is 9.47 Å². The average Bonchev–Trinajstić information content (AvgIpc) is 3.36. The van der Waals surface area contributed by atoms with E-state index in [-0.39, 0.29) is 23.7 Å². The molecule has 0 bridgehead atoms. The Morgan fingerprint density at radius 3 is 2.63 bits per heavy atom. The first-order valence-corrected chi connectivity index (χ1v) is 12.2. The first-order chi connectivity index (χ1) is 18.2. The molecule has 2 aliphatic rings. The molecular formula is C29H25F4NO4. The molecule has 0 aliphatic carbocycles. The number of hydrogen-bond donors (Lipinski definition) is 1. The van der Waals surface area contributed by atoms with E-state index in [0.717, 1.165) is 29.8 Å². The Hall–Kier alpha value is -3.85. The summed E-state index contributed by atoms with van der Waals surface area (Å²) in [5, 5.41) is 9.19. The molecule has 1 fully saturated rings. The minimum Gasteiger partial charge on any atom is -0.489 e. The predicted octanol–water partition coefficient (Wildman–Crippen LogP) is 6.27. The van der Waals surface area contributed by atoms with Gasteiger partial charge in [-0.2, -0.15) is 13.2 Å². The van der Waals surface area contributed by atoms with Crippen molar-refractivity contribution in [3.8, 4) is 22.6 Å². The first kappa shape index (κ1) is 25.8. The number of alkyl halides is 3. The van der Waals surface area contributed by atoms with E-state index in [1.54, 1.807) is 12.1 Å². The van der Waals surface area contributed by atoms with E-state index in [4.69, 9.17) is 9.47 Å². The molecule has 1 unspecified atom stereocenters. The molecule has 2 aliphatic heterocycles. The summed E-state index contributed by atoms with van der Waals surface area (Å²) in [7, 11) is 0. The lowest BCUT2D eigenvalue weighted by atomic mass is 9.97. The van der Waals surface area contributed by atoms with Gasteiger partial charge < -0.3 is 14.6 Å². The number of nitrogens with zero attached hydrogens (tertiary/aromatic N) is 1. The number of benzene rings is 3. The quantitative estimate of drug-likeness (QED) is 0.367. The summed E-state index contributed by atoms with van der Waals surface area (Å²) in [6.45, 7) is 2.12. The van der Waals surface area contributed by atoms with Crippen LogP contribution in [0.2, 0.25) is 0 Å². The van der Waals surface area contributed by atoms with Crippen molar-refractivity contribution >= 4 is 12.0 Å². The number of aliphatic carboxylic acids is 1. The Labute approximate surface area is 216 Å². The van der Waals surface area contributed by atoms with Gasteiger partial charge in [0.15, 0.2) is 0 Å². The molecule has 0 saturated carbocycles. The number of ether oxygens (including phenoxy) is 2. The van der Waals surface area contributed by atoms with Crippen molar-refractivity contribution in [1.29, 1.82) is 0 Å². The van der Waals surface area contributed by atoms with Crippen molar-refractivity contribution in [2.45, 2.75) is 19.2 Å². The fourth-order valence-electron chi connectivity index (χ4n) is 4.83. The number of fused-ring (bicyclic) bond motifs is 1. The monoisotopic (exact) mass is 527 g/mol. The van der Waals surface area contributed by atoms with Crippen LogP contribution in [-0.2, 0) is 17.6 Å². The maximum Gasteiger partial charge on any atom is 0.417 e. The van der Waals surface area contributed by atoms with Crippen molar-refractivity contribution in [1.82, 2.24) is 4.90 Å². The normalized spacial score (nSPS) is 17.5. The summed E-state index contributed by atoms with van der Waals surface area (Å²) < 4.78 is 67.2. The van der Waals surface area contributed by atoms with Gasteiger partial charge in [-0.15, -0.1) is 0 Å². The fraction of sp³-hybridized carbons (Fsp3) is 0.276. The van der Waals surface area contributed by atoms with Crippen LogP contribution in [0.5, 0.6) is 11.5 Å². The van der Waals surface area contributed by atoms with Gasteiger partial charge in [0, 0.05) is 30.3 Å². The van der Waals surface area contributed by atoms with E-state index >= 15 is 0 Å². The summed E-state index contributed by atoms with van der Waals surface area (Å²) in [5.74, 6) is -0.791. The summed E-state index contributed by atoms with van der Waals surface area (Å²) >= 11 is 0. The molecule has 1 atom stereocenters. The van der Waals surface area contributed by atoms with Gasteiger partial charge in [-0.1, -0.05) is 30.3 Å². The number of carbonyl (C=O) groups is 1. The Kier molecular flexibility index (Phi) is 7.12. The van der Waals surface area contributed by atoms with Gasteiger partial charge in [0.05, 0.1) is 11.5 Å². The van der Waals surface area contributed by atoms with E-state index in [9.17, 15) is 27.5 Å². The van der Waals surface area contributed by atoms with Crippen LogP contribution in [0.25, 0.3) is 17.2 Å². The Bertz CT molecular complexity index is 1390. The molecule has 5 rings (SSSR count). The van der Waals surface area contributed by atoms with Gasteiger partial charge in [-0.3, -0.25) is 9.69 Å². The zero-order chi connectivity index (χ0) is 26.9. The van der Waals surface area contributed by atoms with E-state index in [0.29, 0.717) is 43.2 Å². The minimum absolute atomic E-state index is 0.111. The largest absolute Gasteiger partial charge is 0.489 e. The number of likely N-dealkylation sites (tertiary alicyclic amines) is 1. The van der Waals surface area contributed by atoms with Gasteiger partial charge >= 0.3 is 12.1 Å². The van der Waals surface area contributed by atoms with Gasteiger partial charge in [-0.25, -0.2) is 4.39 Å². The molecule has 1 saturated heterocycles. The second-order valence-corrected chi connectivity index (χ2v) is 9.50. The highest BCUT2D eigenvalue weighted by molar-refractivity contribution is 5.71.